The fourth-order valence-electron chi connectivity index (χ4n) is 1.62. The summed E-state index contributed by atoms with van der Waals surface area (Å²) in [6.45, 7) is 0. The van der Waals surface area contributed by atoms with Crippen molar-refractivity contribution in [2.45, 2.75) is 0 Å². The lowest BCUT2D eigenvalue weighted by atomic mass is 10.2. The number of carbonyl (C=O) groups is 1. The molecule has 8 nitrogen and oxygen atoms in total. The Labute approximate surface area is 109 Å². The number of hydrogen-bond acceptors (Lipinski definition) is 5. The number of carboxylic acid groups (broad SMARTS) is 1. The van der Waals surface area contributed by atoms with E-state index in [1.54, 1.807) is 0 Å². The van der Waals surface area contributed by atoms with Crippen LogP contribution in [0.25, 0.3) is 11.0 Å². The molecular formula is C10H12N4O4S. The van der Waals surface area contributed by atoms with Gasteiger partial charge in [-0.25, -0.2) is 9.78 Å². The highest BCUT2D eigenvalue weighted by atomic mass is 32.2. The van der Waals surface area contributed by atoms with Crippen LogP contribution in [-0.4, -0.2) is 46.9 Å². The van der Waals surface area contributed by atoms with Crippen LogP contribution >= 0.6 is 0 Å². The van der Waals surface area contributed by atoms with E-state index in [0.29, 0.717) is 0 Å². The summed E-state index contributed by atoms with van der Waals surface area (Å²) in [6.07, 6.45) is 0. The molecule has 1 aromatic heterocycles. The molecule has 0 fully saturated rings. The van der Waals surface area contributed by atoms with Gasteiger partial charge in [-0.2, -0.15) is 16.7 Å². The lowest BCUT2D eigenvalue weighted by Crippen LogP contribution is -2.29. The Morgan fingerprint density at radius 2 is 2.05 bits per heavy atom. The number of nitrogens with zero attached hydrogens (tertiary/aromatic N) is 3. The molecule has 0 atom stereocenters. The van der Waals surface area contributed by atoms with Crippen LogP contribution in [-0.2, 0) is 10.2 Å². The third-order valence-corrected chi connectivity index (χ3v) is 4.34. The minimum absolute atomic E-state index is 0.0133. The van der Waals surface area contributed by atoms with Gasteiger partial charge in [0.2, 0.25) is 5.95 Å². The Balaban J connectivity index is 2.78. The highest BCUT2D eigenvalue weighted by Crippen LogP contribution is 2.22. The molecule has 0 spiro atoms. The number of hydrogen-bond donors (Lipinski definition) is 2. The van der Waals surface area contributed by atoms with Crippen LogP contribution in [0, 0.1) is 0 Å². The quantitative estimate of drug-likeness (QED) is 0.817. The molecule has 9 heteroatoms. The number of anilines is 1. The highest BCUT2D eigenvalue weighted by Gasteiger charge is 2.23. The maximum absolute atomic E-state index is 12.1. The number of rotatable bonds is 3. The summed E-state index contributed by atoms with van der Waals surface area (Å²) in [6, 6.07) is 3.94. The van der Waals surface area contributed by atoms with Crippen LogP contribution in [0.1, 0.15) is 10.4 Å². The second-order valence-electron chi connectivity index (χ2n) is 4.03. The molecule has 0 aliphatic rings. The summed E-state index contributed by atoms with van der Waals surface area (Å²) in [5, 5.41) is 8.88. The van der Waals surface area contributed by atoms with Crippen molar-refractivity contribution in [3.63, 3.8) is 0 Å². The molecule has 0 saturated carbocycles. The smallest absolute Gasteiger partial charge is 0.335 e. The molecule has 0 amide bonds. The average molecular weight is 284 g/mol. The van der Waals surface area contributed by atoms with Gasteiger partial charge in [-0.3, -0.25) is 0 Å². The molecule has 102 valence electrons. The first-order valence-corrected chi connectivity index (χ1v) is 6.59. The van der Waals surface area contributed by atoms with E-state index < -0.39 is 16.2 Å². The molecule has 0 radical (unpaired) electrons. The van der Waals surface area contributed by atoms with Crippen molar-refractivity contribution < 1.29 is 18.3 Å². The first-order valence-electron chi connectivity index (χ1n) is 5.19. The number of nitrogen functional groups attached to an aromatic ring is 1. The maximum atomic E-state index is 12.1. The van der Waals surface area contributed by atoms with E-state index in [9.17, 15) is 13.2 Å². The third kappa shape index (κ3) is 2.02. The molecule has 0 aliphatic carbocycles. The lowest BCUT2D eigenvalue weighted by Gasteiger charge is -2.13. The van der Waals surface area contributed by atoms with Gasteiger partial charge in [-0.05, 0) is 18.2 Å². The van der Waals surface area contributed by atoms with Crippen LogP contribution < -0.4 is 5.73 Å². The van der Waals surface area contributed by atoms with Crippen LogP contribution in [0.4, 0.5) is 5.95 Å². The van der Waals surface area contributed by atoms with Gasteiger partial charge in [0.1, 0.15) is 0 Å². The van der Waals surface area contributed by atoms with Gasteiger partial charge >= 0.3 is 16.2 Å². The Hall–Kier alpha value is -2.13. The number of fused-ring (bicyclic) bond motifs is 1. The summed E-state index contributed by atoms with van der Waals surface area (Å²) in [7, 11) is -1.07. The predicted molar refractivity (Wildman–Crippen MR) is 69.1 cm³/mol. The number of aromatic carboxylic acids is 1. The lowest BCUT2D eigenvalue weighted by molar-refractivity contribution is 0.0697. The zero-order valence-corrected chi connectivity index (χ0v) is 11.0. The maximum Gasteiger partial charge on any atom is 0.335 e. The van der Waals surface area contributed by atoms with Crippen molar-refractivity contribution in [3.8, 4) is 0 Å². The van der Waals surface area contributed by atoms with E-state index in [-0.39, 0.29) is 22.5 Å². The summed E-state index contributed by atoms with van der Waals surface area (Å²) in [4.78, 5) is 14.7. The predicted octanol–water partition coefficient (Wildman–Crippen LogP) is -0.0288. The number of benzene rings is 1. The normalized spacial score (nSPS) is 12.2. The van der Waals surface area contributed by atoms with Crippen LogP contribution in [0.15, 0.2) is 18.2 Å². The van der Waals surface area contributed by atoms with Crippen molar-refractivity contribution in [2.24, 2.45) is 0 Å². The Kier molecular flexibility index (Phi) is 2.95. The van der Waals surface area contributed by atoms with E-state index in [1.165, 1.54) is 32.3 Å². The molecule has 19 heavy (non-hydrogen) atoms. The third-order valence-electron chi connectivity index (χ3n) is 2.58. The van der Waals surface area contributed by atoms with E-state index in [4.69, 9.17) is 10.8 Å². The van der Waals surface area contributed by atoms with Gasteiger partial charge in [0.25, 0.3) is 0 Å². The van der Waals surface area contributed by atoms with Gasteiger partial charge in [0.05, 0.1) is 16.6 Å². The fraction of sp³-hybridized carbons (Fsp3) is 0.200. The SMILES string of the molecule is CN(C)S(=O)(=O)n1c(N)nc2cc(C(=O)O)ccc21. The first kappa shape index (κ1) is 13.3. The summed E-state index contributed by atoms with van der Waals surface area (Å²) in [5.74, 6) is -1.34. The molecule has 1 aromatic carbocycles. The second-order valence-corrected chi connectivity index (χ2v) is 6.02. The number of nitrogens with two attached hydrogens (primary N) is 1. The van der Waals surface area contributed by atoms with Crippen molar-refractivity contribution in [1.29, 1.82) is 0 Å². The molecule has 2 rings (SSSR count). The average Bonchev–Trinajstić information content (AvgIpc) is 2.63. The summed E-state index contributed by atoms with van der Waals surface area (Å²) < 4.78 is 26.1. The van der Waals surface area contributed by atoms with Crippen LogP contribution in [0.5, 0.6) is 0 Å². The van der Waals surface area contributed by atoms with Gasteiger partial charge in [-0.1, -0.05) is 0 Å². The molecule has 3 N–H and O–H groups in total. The standard InChI is InChI=1S/C10H12N4O4S/c1-13(2)19(17,18)14-8-4-3-6(9(15)16)5-7(8)12-10(14)11/h3-5H,1-2H3,(H2,11,12)(H,15,16). The molecule has 1 heterocycles. The van der Waals surface area contributed by atoms with E-state index in [1.807, 2.05) is 0 Å². The Morgan fingerprint density at radius 3 is 2.58 bits per heavy atom. The highest BCUT2D eigenvalue weighted by molar-refractivity contribution is 7.87. The molecule has 0 bridgehead atoms. The molecule has 2 aromatic rings. The van der Waals surface area contributed by atoms with Crippen LogP contribution in [0.2, 0.25) is 0 Å². The summed E-state index contributed by atoms with van der Waals surface area (Å²) >= 11 is 0. The largest absolute Gasteiger partial charge is 0.478 e. The Bertz CT molecular complexity index is 763. The van der Waals surface area contributed by atoms with Gasteiger partial charge in [0.15, 0.2) is 0 Å². The molecular weight excluding hydrogens is 272 g/mol. The van der Waals surface area contributed by atoms with E-state index in [2.05, 4.69) is 4.98 Å². The number of aromatic nitrogens is 2. The molecule has 0 aliphatic heterocycles. The monoisotopic (exact) mass is 284 g/mol. The zero-order valence-electron chi connectivity index (χ0n) is 10.2. The molecule has 0 saturated heterocycles. The Morgan fingerprint density at radius 1 is 1.42 bits per heavy atom. The van der Waals surface area contributed by atoms with Gasteiger partial charge in [0, 0.05) is 14.1 Å². The minimum atomic E-state index is -3.81. The van der Waals surface area contributed by atoms with E-state index in [0.717, 1.165) is 8.28 Å². The van der Waals surface area contributed by atoms with Crippen molar-refractivity contribution in [3.05, 3.63) is 23.8 Å². The number of imidazole rings is 1. The van der Waals surface area contributed by atoms with Crippen molar-refractivity contribution in [2.75, 3.05) is 19.8 Å². The van der Waals surface area contributed by atoms with E-state index >= 15 is 0 Å². The molecule has 0 unspecified atom stereocenters. The number of carboxylic acids is 1. The van der Waals surface area contributed by atoms with Gasteiger partial charge in [-0.15, -0.1) is 0 Å². The zero-order chi connectivity index (χ0) is 14.4. The van der Waals surface area contributed by atoms with Crippen LogP contribution in [0.3, 0.4) is 0 Å². The second kappa shape index (κ2) is 4.21. The first-order chi connectivity index (χ1) is 8.75. The minimum Gasteiger partial charge on any atom is -0.478 e. The summed E-state index contributed by atoms with van der Waals surface area (Å²) in [5.41, 5.74) is 6.06. The topological polar surface area (TPSA) is 119 Å². The van der Waals surface area contributed by atoms with Crippen molar-refractivity contribution in [1.82, 2.24) is 13.3 Å². The van der Waals surface area contributed by atoms with Crippen molar-refractivity contribution >= 4 is 33.2 Å². The van der Waals surface area contributed by atoms with Gasteiger partial charge < -0.3 is 10.8 Å². The fourth-order valence-corrected chi connectivity index (χ4v) is 2.62.